The molecule has 0 N–H and O–H groups in total. The molecule has 2 atom stereocenters. The van der Waals surface area contributed by atoms with Gasteiger partial charge in [0.15, 0.2) is 5.78 Å². The predicted octanol–water partition coefficient (Wildman–Crippen LogP) is 4.25. The van der Waals surface area contributed by atoms with Crippen molar-refractivity contribution >= 4 is 5.78 Å². The van der Waals surface area contributed by atoms with Gasteiger partial charge in [0.1, 0.15) is 18.2 Å². The van der Waals surface area contributed by atoms with Crippen LogP contribution in [0.3, 0.4) is 0 Å². The van der Waals surface area contributed by atoms with Crippen molar-refractivity contribution < 1.29 is 13.9 Å². The zero-order valence-corrected chi connectivity index (χ0v) is 11.7. The van der Waals surface area contributed by atoms with Crippen molar-refractivity contribution in [1.29, 1.82) is 0 Å². The minimum atomic E-state index is -0.249. The molecule has 0 spiro atoms. The molecule has 2 aliphatic rings. The molecule has 106 valence electrons. The normalized spacial score (nSPS) is 24.8. The molecule has 0 amide bonds. The Morgan fingerprint density at radius 1 is 1.30 bits per heavy atom. The number of ether oxygens (including phenoxy) is 1. The molecule has 0 heterocycles. The van der Waals surface area contributed by atoms with Crippen molar-refractivity contribution in [3.8, 4) is 5.75 Å². The van der Waals surface area contributed by atoms with E-state index in [9.17, 15) is 9.18 Å². The fourth-order valence-electron chi connectivity index (χ4n) is 3.52. The fourth-order valence-corrected chi connectivity index (χ4v) is 3.52. The van der Waals surface area contributed by atoms with Gasteiger partial charge in [-0.1, -0.05) is 25.0 Å². The molecule has 3 heteroatoms. The Kier molecular flexibility index (Phi) is 3.60. The van der Waals surface area contributed by atoms with Gasteiger partial charge in [0.2, 0.25) is 0 Å². The van der Waals surface area contributed by atoms with E-state index in [1.165, 1.54) is 6.07 Å². The summed E-state index contributed by atoms with van der Waals surface area (Å²) in [6.07, 6.45) is 7.71. The van der Waals surface area contributed by atoms with Gasteiger partial charge in [-0.15, -0.1) is 0 Å². The second-order valence-corrected chi connectivity index (χ2v) is 5.58. The molecule has 3 rings (SSSR count). The Hall–Kier alpha value is -1.64. The largest absolute Gasteiger partial charge is 0.489 e. The average Bonchev–Trinajstić information content (AvgIpc) is 2.77. The molecule has 2 aliphatic carbocycles. The maximum absolute atomic E-state index is 14.2. The topological polar surface area (TPSA) is 26.3 Å². The first-order valence-electron chi connectivity index (χ1n) is 7.34. The van der Waals surface area contributed by atoms with E-state index in [0.717, 1.165) is 25.7 Å². The molecule has 1 saturated carbocycles. The smallest absolute Gasteiger partial charge is 0.170 e. The number of carbonyl (C=O) groups is 1. The van der Waals surface area contributed by atoms with Crippen LogP contribution < -0.4 is 4.74 Å². The SMILES string of the molecule is CC=CCOc1ccc(F)c2c1C(=O)[C@H]1CCCC[C@H]21. The number of allylic oxidation sites excluding steroid dienone is 1. The average molecular weight is 274 g/mol. The third-order valence-electron chi connectivity index (χ3n) is 4.44. The Bertz CT molecular complexity index is 562. The summed E-state index contributed by atoms with van der Waals surface area (Å²) in [5.41, 5.74) is 1.11. The zero-order chi connectivity index (χ0) is 14.1. The van der Waals surface area contributed by atoms with E-state index < -0.39 is 0 Å². The lowest BCUT2D eigenvalue weighted by atomic mass is 9.79. The van der Waals surface area contributed by atoms with Gasteiger partial charge in [0.05, 0.1) is 5.56 Å². The Balaban J connectivity index is 2.01. The number of ketones is 1. The van der Waals surface area contributed by atoms with E-state index in [1.54, 1.807) is 6.07 Å². The minimum absolute atomic E-state index is 0.0280. The summed E-state index contributed by atoms with van der Waals surface area (Å²) in [6.45, 7) is 2.33. The van der Waals surface area contributed by atoms with Crippen molar-refractivity contribution in [2.24, 2.45) is 5.92 Å². The first kappa shape index (κ1) is 13.3. The highest BCUT2D eigenvalue weighted by molar-refractivity contribution is 6.05. The highest BCUT2D eigenvalue weighted by atomic mass is 19.1. The van der Waals surface area contributed by atoms with Crippen LogP contribution in [0, 0.1) is 11.7 Å². The van der Waals surface area contributed by atoms with E-state index in [0.29, 0.717) is 23.5 Å². The van der Waals surface area contributed by atoms with Gasteiger partial charge in [-0.3, -0.25) is 4.79 Å². The van der Waals surface area contributed by atoms with Crippen molar-refractivity contribution in [1.82, 2.24) is 0 Å². The maximum atomic E-state index is 14.2. The van der Waals surface area contributed by atoms with Crippen LogP contribution in [0.15, 0.2) is 24.3 Å². The lowest BCUT2D eigenvalue weighted by molar-refractivity contribution is 0.0895. The van der Waals surface area contributed by atoms with Crippen LogP contribution in [0.1, 0.15) is 54.4 Å². The van der Waals surface area contributed by atoms with Gasteiger partial charge >= 0.3 is 0 Å². The number of benzene rings is 1. The number of rotatable bonds is 3. The number of halogens is 1. The summed E-state index contributed by atoms with van der Waals surface area (Å²) in [4.78, 5) is 12.6. The second kappa shape index (κ2) is 5.39. The van der Waals surface area contributed by atoms with Crippen molar-refractivity contribution in [2.75, 3.05) is 6.61 Å². The lowest BCUT2D eigenvalue weighted by Gasteiger charge is -2.24. The van der Waals surface area contributed by atoms with Crippen LogP contribution >= 0.6 is 0 Å². The lowest BCUT2D eigenvalue weighted by Crippen LogP contribution is -2.18. The predicted molar refractivity (Wildman–Crippen MR) is 75.7 cm³/mol. The van der Waals surface area contributed by atoms with Gasteiger partial charge < -0.3 is 4.74 Å². The molecule has 0 saturated heterocycles. The van der Waals surface area contributed by atoms with Crippen LogP contribution in [0.4, 0.5) is 4.39 Å². The highest BCUT2D eigenvalue weighted by Gasteiger charge is 2.44. The molecule has 2 nitrogen and oxygen atoms in total. The first-order chi connectivity index (χ1) is 9.74. The number of hydrogen-bond donors (Lipinski definition) is 0. The standard InChI is InChI=1S/C17H19FO2/c1-2-3-10-20-14-9-8-13(18)15-11-6-4-5-7-12(11)17(19)16(14)15/h2-3,8-9,11-12H,4-7,10H2,1H3/t11-,12-/m0/s1. The molecule has 1 aromatic carbocycles. The van der Waals surface area contributed by atoms with Crippen LogP contribution in [0.25, 0.3) is 0 Å². The van der Waals surface area contributed by atoms with Crippen molar-refractivity contribution in [3.63, 3.8) is 0 Å². The monoisotopic (exact) mass is 274 g/mol. The molecule has 20 heavy (non-hydrogen) atoms. The second-order valence-electron chi connectivity index (χ2n) is 5.58. The van der Waals surface area contributed by atoms with Crippen LogP contribution in [-0.2, 0) is 0 Å². The number of fused-ring (bicyclic) bond motifs is 3. The molecular formula is C17H19FO2. The number of Topliss-reactive ketones (excluding diaryl/α,β-unsaturated/α-hetero) is 1. The summed E-state index contributed by atoms with van der Waals surface area (Å²) in [5, 5.41) is 0. The number of carbonyl (C=O) groups excluding carboxylic acids is 1. The van der Waals surface area contributed by atoms with Gasteiger partial charge in [-0.25, -0.2) is 4.39 Å². The Labute approximate surface area is 118 Å². The Morgan fingerprint density at radius 3 is 2.80 bits per heavy atom. The van der Waals surface area contributed by atoms with Gasteiger partial charge in [-0.05, 0) is 37.8 Å². The van der Waals surface area contributed by atoms with Crippen molar-refractivity contribution in [2.45, 2.75) is 38.5 Å². The van der Waals surface area contributed by atoms with Gasteiger partial charge in [-0.2, -0.15) is 0 Å². The number of hydrogen-bond acceptors (Lipinski definition) is 2. The highest BCUT2D eigenvalue weighted by Crippen LogP contribution is 2.49. The van der Waals surface area contributed by atoms with Gasteiger partial charge in [0.25, 0.3) is 0 Å². The molecule has 0 aliphatic heterocycles. The summed E-state index contributed by atoms with van der Waals surface area (Å²) in [6, 6.07) is 3.03. The quantitative estimate of drug-likeness (QED) is 0.770. The molecular weight excluding hydrogens is 255 g/mol. The van der Waals surface area contributed by atoms with E-state index in [4.69, 9.17) is 4.74 Å². The van der Waals surface area contributed by atoms with Crippen LogP contribution in [0.5, 0.6) is 5.75 Å². The van der Waals surface area contributed by atoms with E-state index in [-0.39, 0.29) is 23.4 Å². The molecule has 0 bridgehead atoms. The minimum Gasteiger partial charge on any atom is -0.489 e. The van der Waals surface area contributed by atoms with Gasteiger partial charge in [0, 0.05) is 11.5 Å². The van der Waals surface area contributed by atoms with Crippen LogP contribution in [0.2, 0.25) is 0 Å². The zero-order valence-electron chi connectivity index (χ0n) is 11.7. The van der Waals surface area contributed by atoms with E-state index >= 15 is 0 Å². The molecule has 0 unspecified atom stereocenters. The van der Waals surface area contributed by atoms with E-state index in [1.807, 2.05) is 19.1 Å². The third kappa shape index (κ3) is 2.05. The maximum Gasteiger partial charge on any atom is 0.170 e. The molecule has 0 aromatic heterocycles. The van der Waals surface area contributed by atoms with Crippen LogP contribution in [-0.4, -0.2) is 12.4 Å². The summed E-state index contributed by atoms with van der Waals surface area (Å²) >= 11 is 0. The first-order valence-corrected chi connectivity index (χ1v) is 7.34. The fraction of sp³-hybridized carbons (Fsp3) is 0.471. The molecule has 1 aromatic rings. The third-order valence-corrected chi connectivity index (χ3v) is 4.44. The molecule has 0 radical (unpaired) electrons. The molecule has 1 fully saturated rings. The Morgan fingerprint density at radius 2 is 2.05 bits per heavy atom. The summed E-state index contributed by atoms with van der Waals surface area (Å²) in [5.74, 6) is 0.413. The van der Waals surface area contributed by atoms with Crippen molar-refractivity contribution in [3.05, 3.63) is 41.2 Å². The summed E-state index contributed by atoms with van der Waals surface area (Å²) in [7, 11) is 0. The van der Waals surface area contributed by atoms with E-state index in [2.05, 4.69) is 0 Å². The summed E-state index contributed by atoms with van der Waals surface area (Å²) < 4.78 is 19.8.